The average Bonchev–Trinajstić information content (AvgIpc) is 0.831. The average molecular weight is 1680 g/mol. The van der Waals surface area contributed by atoms with E-state index in [4.69, 9.17) is 70.2 Å². The number of alkyl halides is 3. The van der Waals surface area contributed by atoms with Crippen molar-refractivity contribution in [3.8, 4) is 5.75 Å². The normalized spacial score (nSPS) is 10.6. The number of aromatic nitrogens is 12. The van der Waals surface area contributed by atoms with Crippen LogP contribution in [0.4, 0.5) is 13.2 Å². The van der Waals surface area contributed by atoms with Gasteiger partial charge in [0.05, 0.1) is 46.1 Å². The number of carbonyl (C=O) groups excluding carboxylic acids is 6. The van der Waals surface area contributed by atoms with Gasteiger partial charge in [0.1, 0.15) is 80.3 Å². The number of ketones is 6. The largest absolute Gasteiger partial charge is 0.496 e. The van der Waals surface area contributed by atoms with Crippen molar-refractivity contribution < 1.29 is 77.3 Å². The van der Waals surface area contributed by atoms with Gasteiger partial charge in [0.25, 0.3) is 0 Å². The third-order valence-corrected chi connectivity index (χ3v) is 18.4. The maximum Gasteiger partial charge on any atom is 0.416 e. The lowest BCUT2D eigenvalue weighted by atomic mass is 10.0. The molecule has 0 aliphatic carbocycles. The number of benzene rings is 6. The number of hydrogen-bond acceptors (Lipinski definition) is 25. The molecule has 0 atom stereocenters. The van der Waals surface area contributed by atoms with Crippen LogP contribution < -0.4 is 4.74 Å². The van der Waals surface area contributed by atoms with E-state index in [0.717, 1.165) is 67.0 Å². The van der Waals surface area contributed by atoms with Gasteiger partial charge in [-0.2, -0.15) is 13.2 Å². The molecule has 25 nitrogen and oxygen atoms in total. The van der Waals surface area contributed by atoms with E-state index in [1.165, 1.54) is 109 Å². The minimum absolute atomic E-state index is 0.142. The first kappa shape index (κ1) is 94.2. The lowest BCUT2D eigenvalue weighted by molar-refractivity contribution is -0.138. The van der Waals surface area contributed by atoms with Crippen LogP contribution in [0.25, 0.3) is 0 Å². The fourth-order valence-corrected chi connectivity index (χ4v) is 11.5. The number of Topliss-reactive ketones (excluding diaryl/α,β-unsaturated/α-hetero) is 6. The number of aliphatic hydroxyl groups excluding tert-OH is 6. The molecule has 0 radical (unpaired) electrons. The lowest BCUT2D eigenvalue weighted by Gasteiger charge is -2.12. The second-order valence-corrected chi connectivity index (χ2v) is 27.3. The van der Waals surface area contributed by atoms with Crippen molar-refractivity contribution in [2.24, 2.45) is 0 Å². The van der Waals surface area contributed by atoms with Crippen LogP contribution in [0.2, 0.25) is 15.1 Å². The molecule has 0 fully saturated rings. The maximum absolute atomic E-state index is 12.9. The molecule has 6 aromatic carbocycles. The zero-order valence-corrected chi connectivity index (χ0v) is 67.4. The van der Waals surface area contributed by atoms with Crippen LogP contribution in [0, 0.1) is 13.8 Å². The first-order valence-corrected chi connectivity index (χ1v) is 38.2. The number of hydrogen-bond donors (Lipinski definition) is 6. The van der Waals surface area contributed by atoms with Gasteiger partial charge in [0.2, 0.25) is 0 Å². The van der Waals surface area contributed by atoms with Crippen LogP contribution in [-0.4, -0.2) is 172 Å². The number of methoxy groups -OCH3 is 1. The van der Waals surface area contributed by atoms with Gasteiger partial charge in [-0.25, -0.2) is 59.8 Å². The van der Waals surface area contributed by atoms with E-state index >= 15 is 0 Å². The molecule has 6 heterocycles. The van der Waals surface area contributed by atoms with Crippen LogP contribution >= 0.6 is 34.8 Å². The van der Waals surface area contributed by atoms with Gasteiger partial charge in [0, 0.05) is 128 Å². The molecule has 0 saturated heterocycles. The van der Waals surface area contributed by atoms with E-state index < -0.39 is 62.9 Å². The highest BCUT2D eigenvalue weighted by atomic mass is 35.5. The van der Waals surface area contributed by atoms with E-state index in [-0.39, 0.29) is 47.1 Å². The second kappa shape index (κ2) is 50.0. The molecule has 0 aliphatic rings. The first-order valence-electron chi connectivity index (χ1n) is 37.1. The number of aryl methyl sites for hydroxylation is 13. The Bertz CT molecular complexity index is 5080. The fraction of sp³-hybridized carbons (Fsp3) is 0.250. The highest BCUT2D eigenvalue weighted by Gasteiger charge is 2.33. The smallest absolute Gasteiger partial charge is 0.416 e. The topological polar surface area (TPSA) is 388 Å². The Morgan fingerprint density at radius 3 is 0.950 bits per heavy atom. The molecular weight excluding hydrogens is 1600 g/mol. The summed E-state index contributed by atoms with van der Waals surface area (Å²) in [7, 11) is 1.64. The maximum atomic E-state index is 12.9. The van der Waals surface area contributed by atoms with Gasteiger partial charge in [0.15, 0.2) is 34.7 Å². The zero-order valence-electron chi connectivity index (χ0n) is 65.1. The van der Waals surface area contributed by atoms with Gasteiger partial charge in [-0.05, 0) is 122 Å². The number of rotatable bonds is 31. The van der Waals surface area contributed by atoms with Gasteiger partial charge < -0.3 is 35.4 Å². The first-order chi connectivity index (χ1) is 57.3. The number of nitrogens with zero attached hydrogens (tertiary/aromatic N) is 12. The Morgan fingerprint density at radius 2 is 0.613 bits per heavy atom. The molecule has 0 spiro atoms. The number of para-hydroxylation sites is 1. The van der Waals surface area contributed by atoms with Crippen molar-refractivity contribution in [3.05, 3.63) is 347 Å². The van der Waals surface area contributed by atoms with Crippen LogP contribution in [-0.2, 0) is 83.2 Å². The molecule has 119 heavy (non-hydrogen) atoms. The number of aliphatic hydroxyl groups is 6. The second-order valence-electron chi connectivity index (χ2n) is 26.1. The number of carbonyl (C=O) groups is 6. The van der Waals surface area contributed by atoms with Crippen LogP contribution in [0.15, 0.2) is 214 Å². The third-order valence-electron chi connectivity index (χ3n) is 17.5. The van der Waals surface area contributed by atoms with Gasteiger partial charge >= 0.3 is 6.18 Å². The Kier molecular flexibility index (Phi) is 39.5. The molecule has 0 amide bonds. The summed E-state index contributed by atoms with van der Waals surface area (Å²) in [4.78, 5) is 116. The summed E-state index contributed by atoms with van der Waals surface area (Å²) < 4.78 is 43.9. The summed E-state index contributed by atoms with van der Waals surface area (Å²) in [6.45, 7) is 0.883. The Labute approximate surface area is 699 Å². The Hall–Kier alpha value is -12.0. The minimum atomic E-state index is -4.39. The summed E-state index contributed by atoms with van der Waals surface area (Å²) in [5.41, 5.74) is 9.41. The highest BCUT2D eigenvalue weighted by Crippen LogP contribution is 2.33. The quantitative estimate of drug-likeness (QED) is 0.0220. The van der Waals surface area contributed by atoms with Gasteiger partial charge in [-0.1, -0.05) is 149 Å². The van der Waals surface area contributed by atoms with E-state index in [1.807, 2.05) is 54.6 Å². The van der Waals surface area contributed by atoms with Gasteiger partial charge in [-0.15, -0.1) is 0 Å². The molecule has 618 valence electrons. The van der Waals surface area contributed by atoms with Crippen LogP contribution in [0.1, 0.15) is 147 Å². The molecule has 6 aromatic heterocycles. The summed E-state index contributed by atoms with van der Waals surface area (Å²) in [5.74, 6) is 2.16. The minimum Gasteiger partial charge on any atom is -0.496 e. The molecule has 6 N–H and O–H groups in total. The summed E-state index contributed by atoms with van der Waals surface area (Å²) in [5, 5.41) is 54.3. The van der Waals surface area contributed by atoms with E-state index in [9.17, 15) is 41.9 Å². The van der Waals surface area contributed by atoms with Crippen LogP contribution in [0.5, 0.6) is 5.75 Å². The Balaban J connectivity index is 0.000000197. The fourth-order valence-electron chi connectivity index (χ4n) is 10.8. The predicted octanol–water partition coefficient (Wildman–Crippen LogP) is 12.2. The van der Waals surface area contributed by atoms with Gasteiger partial charge in [-0.3, -0.25) is 28.8 Å². The van der Waals surface area contributed by atoms with Crippen molar-refractivity contribution in [2.45, 2.75) is 97.1 Å². The SMILES string of the molecule is COc1ccccc1CCc1ncc(C(=O)CO)cn1.Cc1ccc(CCc2ncc(C(=O)CO)cn2)cc1.Cc1cccc(CCc2ncc(C(=O)CO)cn2)c1.O=C(CO)c1cnc(CCc2c(Cl)cccc2Cl)nc1.O=C(CO)c1cnc(CCc2ccc(Cl)cc2)nc1.O=C(CO)c1cnc(CCc2ccccc2C(F)(F)F)nc1. The van der Waals surface area contributed by atoms with Crippen molar-refractivity contribution in [2.75, 3.05) is 46.8 Å². The van der Waals surface area contributed by atoms with Crippen molar-refractivity contribution >= 4 is 69.5 Å². The monoisotopic (exact) mass is 1680 g/mol. The lowest BCUT2D eigenvalue weighted by Crippen LogP contribution is -2.11. The predicted molar refractivity (Wildman–Crippen MR) is 440 cm³/mol. The molecule has 0 unspecified atom stereocenters. The third kappa shape index (κ3) is 32.5. The van der Waals surface area contributed by atoms with E-state index in [2.05, 4.69) is 116 Å². The van der Waals surface area contributed by atoms with Crippen LogP contribution in [0.3, 0.4) is 0 Å². The van der Waals surface area contributed by atoms with E-state index in [1.54, 1.807) is 31.4 Å². The van der Waals surface area contributed by atoms with Crippen molar-refractivity contribution in [1.29, 1.82) is 0 Å². The summed E-state index contributed by atoms with van der Waals surface area (Å²) >= 11 is 18.0. The molecule has 12 rings (SSSR count). The van der Waals surface area contributed by atoms with E-state index in [0.29, 0.717) is 104 Å². The van der Waals surface area contributed by atoms with Crippen molar-refractivity contribution in [3.63, 3.8) is 0 Å². The zero-order chi connectivity index (χ0) is 86.1. The Morgan fingerprint density at radius 1 is 0.319 bits per heavy atom. The summed E-state index contributed by atoms with van der Waals surface area (Å²) in [6, 6.07) is 42.8. The number of ether oxygens (including phenoxy) is 1. The highest BCUT2D eigenvalue weighted by molar-refractivity contribution is 6.36. The summed E-state index contributed by atoms with van der Waals surface area (Å²) in [6.07, 6.45) is 20.3. The number of halogens is 6. The molecule has 31 heteroatoms. The molecular formula is C88H86Cl3F3N12O13. The molecule has 0 saturated carbocycles. The molecule has 0 bridgehead atoms. The molecule has 0 aliphatic heterocycles. The molecule has 12 aromatic rings. The van der Waals surface area contributed by atoms with Crippen molar-refractivity contribution in [1.82, 2.24) is 59.8 Å². The standard InChI is InChI=1S/C15H13F3N2O2.C15H16N2O3.2C15H16N2O2.C14H12Cl2N2O2.C14H13ClN2O2/c16-15(17,18)12-4-2-1-3-10(12)5-6-14-19-7-11(8-20-14)13(22)9-21;1-20-14-5-3-2-4-11(14)6-7-15-16-8-12(9-17-15)13(19)10-18;1-11-2-4-12(5-3-11)6-7-15-16-8-13(9-17-15)14(19)10-18;1-11-3-2-4-12(7-11)5-6-15-16-8-13(9-17-15)14(19)10-18;15-11-2-1-3-12(16)10(11)4-5-14-17-6-9(7-18-14)13(20)8-19;15-12-4-1-10(2-5-12)3-6-14-16-7-11(8-17-14)13(19)9-18/h1-4,7-8,21H,5-6,9H2;2-5,8-9,18H,6-7,10H2,1H3;2-5,8-9,18H,6-7,10H2,1H3;2-4,7-9,18H,5-6,10H2,1H3;1-3,6-7,19H,4-5,8H2;1-2,4-5,7-8,18H,3,6,9H2.